The molecule has 176 valence electrons. The number of carbonyl (C=O) groups excluding carboxylic acids is 1. The van der Waals surface area contributed by atoms with E-state index in [0.717, 1.165) is 75.7 Å². The molecular weight excluding hydrogens is 412 g/mol. The standard InChI is InChI=1S/C27H36N4O2/c1-3-33-25-15-21-9-6-8-20(21)14-23(25)18-30-11-7-10-22(17-30)26-28-16-24(19(2)29-26)27(32)31-12-4-5-13-31/h14-16,22H,3-13,17-18H2,1-2H3/t22-/m0/s1. The number of nitrogens with zero attached hydrogens (tertiary/aromatic N) is 4. The van der Waals surface area contributed by atoms with Crippen molar-refractivity contribution in [3.05, 3.63) is 52.1 Å². The van der Waals surface area contributed by atoms with Crippen LogP contribution >= 0.6 is 0 Å². The fraction of sp³-hybridized carbons (Fsp3) is 0.593. The summed E-state index contributed by atoms with van der Waals surface area (Å²) in [5.41, 5.74) is 5.74. The number of aromatic nitrogens is 2. The van der Waals surface area contributed by atoms with E-state index in [0.29, 0.717) is 18.1 Å². The molecule has 2 aliphatic heterocycles. The lowest BCUT2D eigenvalue weighted by Crippen LogP contribution is -2.35. The Labute approximate surface area is 197 Å². The van der Waals surface area contributed by atoms with Crippen LogP contribution in [0.15, 0.2) is 18.3 Å². The van der Waals surface area contributed by atoms with Crippen molar-refractivity contribution in [3.8, 4) is 5.75 Å². The average molecular weight is 449 g/mol. The quantitative estimate of drug-likeness (QED) is 0.660. The first-order chi connectivity index (χ1) is 16.1. The maximum Gasteiger partial charge on any atom is 0.257 e. The maximum absolute atomic E-state index is 12.8. The minimum absolute atomic E-state index is 0.0851. The zero-order valence-electron chi connectivity index (χ0n) is 20.1. The Morgan fingerprint density at radius 1 is 1.09 bits per heavy atom. The highest BCUT2D eigenvalue weighted by atomic mass is 16.5. The van der Waals surface area contributed by atoms with Gasteiger partial charge in [-0.05, 0) is 82.5 Å². The molecule has 0 radical (unpaired) electrons. The number of aryl methyl sites for hydroxylation is 3. The Morgan fingerprint density at radius 2 is 1.88 bits per heavy atom. The molecule has 5 rings (SSSR count). The van der Waals surface area contributed by atoms with E-state index in [2.05, 4.69) is 28.9 Å². The Morgan fingerprint density at radius 3 is 2.64 bits per heavy atom. The van der Waals surface area contributed by atoms with Crippen molar-refractivity contribution in [1.29, 1.82) is 0 Å². The van der Waals surface area contributed by atoms with Crippen LogP contribution in [0.25, 0.3) is 0 Å². The molecule has 2 saturated heterocycles. The summed E-state index contributed by atoms with van der Waals surface area (Å²) in [5.74, 6) is 2.33. The van der Waals surface area contributed by atoms with E-state index in [4.69, 9.17) is 9.72 Å². The smallest absolute Gasteiger partial charge is 0.257 e. The van der Waals surface area contributed by atoms with Crippen molar-refractivity contribution in [2.24, 2.45) is 0 Å². The molecule has 2 aromatic rings. The number of hydrogen-bond donors (Lipinski definition) is 0. The second-order valence-corrected chi connectivity index (χ2v) is 9.82. The van der Waals surface area contributed by atoms with Crippen molar-refractivity contribution >= 4 is 5.91 Å². The third-order valence-electron chi connectivity index (χ3n) is 7.46. The minimum Gasteiger partial charge on any atom is -0.494 e. The van der Waals surface area contributed by atoms with E-state index in [1.165, 1.54) is 36.0 Å². The number of hydrogen-bond acceptors (Lipinski definition) is 5. The van der Waals surface area contributed by atoms with Gasteiger partial charge in [0.25, 0.3) is 5.91 Å². The summed E-state index contributed by atoms with van der Waals surface area (Å²) in [5, 5.41) is 0. The van der Waals surface area contributed by atoms with Gasteiger partial charge in [0.1, 0.15) is 11.6 Å². The molecule has 33 heavy (non-hydrogen) atoms. The number of fused-ring (bicyclic) bond motifs is 1. The van der Waals surface area contributed by atoms with Gasteiger partial charge in [0.05, 0.1) is 17.9 Å². The maximum atomic E-state index is 12.8. The topological polar surface area (TPSA) is 58.6 Å². The molecule has 1 aromatic heterocycles. The van der Waals surface area contributed by atoms with Crippen molar-refractivity contribution in [3.63, 3.8) is 0 Å². The highest BCUT2D eigenvalue weighted by Crippen LogP contribution is 2.33. The fourth-order valence-corrected chi connectivity index (χ4v) is 5.70. The number of amides is 1. The Hall–Kier alpha value is -2.47. The molecule has 0 bridgehead atoms. The molecule has 0 N–H and O–H groups in total. The van der Waals surface area contributed by atoms with Crippen LogP contribution in [-0.2, 0) is 19.4 Å². The van der Waals surface area contributed by atoms with E-state index in [1.807, 2.05) is 11.8 Å². The van der Waals surface area contributed by atoms with Gasteiger partial charge in [-0.1, -0.05) is 6.07 Å². The van der Waals surface area contributed by atoms with Gasteiger partial charge >= 0.3 is 0 Å². The zero-order chi connectivity index (χ0) is 22.8. The molecule has 1 aromatic carbocycles. The normalized spacial score (nSPS) is 20.8. The van der Waals surface area contributed by atoms with Gasteiger partial charge in [0.2, 0.25) is 0 Å². The van der Waals surface area contributed by atoms with Crippen LogP contribution in [0.4, 0.5) is 0 Å². The van der Waals surface area contributed by atoms with E-state index in [1.54, 1.807) is 6.20 Å². The summed E-state index contributed by atoms with van der Waals surface area (Å²) in [7, 11) is 0. The van der Waals surface area contributed by atoms with Crippen LogP contribution in [0.2, 0.25) is 0 Å². The molecular formula is C27H36N4O2. The summed E-state index contributed by atoms with van der Waals surface area (Å²) in [6.45, 7) is 9.35. The van der Waals surface area contributed by atoms with Crippen LogP contribution in [-0.4, -0.2) is 58.5 Å². The lowest BCUT2D eigenvalue weighted by Gasteiger charge is -2.32. The average Bonchev–Trinajstić information content (AvgIpc) is 3.51. The molecule has 1 amide bonds. The van der Waals surface area contributed by atoms with Crippen molar-refractivity contribution in [1.82, 2.24) is 19.8 Å². The first kappa shape index (κ1) is 22.3. The number of carbonyl (C=O) groups is 1. The highest BCUT2D eigenvalue weighted by molar-refractivity contribution is 5.95. The van der Waals surface area contributed by atoms with Crippen LogP contribution in [0.3, 0.4) is 0 Å². The van der Waals surface area contributed by atoms with Gasteiger partial charge in [0, 0.05) is 43.9 Å². The number of likely N-dealkylation sites (tertiary alicyclic amines) is 2. The van der Waals surface area contributed by atoms with Crippen LogP contribution in [0, 0.1) is 6.92 Å². The second-order valence-electron chi connectivity index (χ2n) is 9.82. The number of rotatable bonds is 6. The molecule has 2 fully saturated rings. The third kappa shape index (κ3) is 4.77. The van der Waals surface area contributed by atoms with Gasteiger partial charge < -0.3 is 9.64 Å². The first-order valence-corrected chi connectivity index (χ1v) is 12.7. The first-order valence-electron chi connectivity index (χ1n) is 12.7. The fourth-order valence-electron chi connectivity index (χ4n) is 5.70. The van der Waals surface area contributed by atoms with Crippen LogP contribution < -0.4 is 4.74 Å². The summed E-state index contributed by atoms with van der Waals surface area (Å²) >= 11 is 0. The summed E-state index contributed by atoms with van der Waals surface area (Å²) in [4.78, 5) is 26.8. The largest absolute Gasteiger partial charge is 0.494 e. The monoisotopic (exact) mass is 448 g/mol. The summed E-state index contributed by atoms with van der Waals surface area (Å²) in [6.07, 6.45) is 9.80. The van der Waals surface area contributed by atoms with Gasteiger partial charge in [0.15, 0.2) is 0 Å². The van der Waals surface area contributed by atoms with Crippen molar-refractivity contribution in [2.45, 2.75) is 71.3 Å². The highest BCUT2D eigenvalue weighted by Gasteiger charge is 2.27. The molecule has 6 nitrogen and oxygen atoms in total. The molecule has 0 saturated carbocycles. The molecule has 0 unspecified atom stereocenters. The minimum atomic E-state index is 0.0851. The van der Waals surface area contributed by atoms with Gasteiger partial charge in [-0.25, -0.2) is 9.97 Å². The summed E-state index contributed by atoms with van der Waals surface area (Å²) in [6, 6.07) is 4.67. The number of benzene rings is 1. The lowest BCUT2D eigenvalue weighted by molar-refractivity contribution is 0.0791. The SMILES string of the molecule is CCOc1cc2c(cc1CN1CCC[C@H](c3ncc(C(=O)N4CCCC4)c(C)n3)C1)CCC2. The third-order valence-corrected chi connectivity index (χ3v) is 7.46. The lowest BCUT2D eigenvalue weighted by atomic mass is 9.96. The Kier molecular flexibility index (Phi) is 6.63. The number of piperidine rings is 1. The van der Waals surface area contributed by atoms with Gasteiger partial charge in [-0.15, -0.1) is 0 Å². The Bertz CT molecular complexity index is 1020. The van der Waals surface area contributed by atoms with Crippen molar-refractivity contribution in [2.75, 3.05) is 32.8 Å². The van der Waals surface area contributed by atoms with E-state index < -0.39 is 0 Å². The predicted molar refractivity (Wildman–Crippen MR) is 129 cm³/mol. The summed E-state index contributed by atoms with van der Waals surface area (Å²) < 4.78 is 6.02. The molecule has 1 aliphatic carbocycles. The van der Waals surface area contributed by atoms with Crippen molar-refractivity contribution < 1.29 is 9.53 Å². The van der Waals surface area contributed by atoms with E-state index in [-0.39, 0.29) is 5.91 Å². The Balaban J connectivity index is 1.29. The molecule has 6 heteroatoms. The van der Waals surface area contributed by atoms with Crippen LogP contribution in [0.1, 0.15) is 83.5 Å². The van der Waals surface area contributed by atoms with E-state index >= 15 is 0 Å². The molecule has 1 atom stereocenters. The van der Waals surface area contributed by atoms with Gasteiger partial charge in [-0.3, -0.25) is 9.69 Å². The van der Waals surface area contributed by atoms with Crippen LogP contribution in [0.5, 0.6) is 5.75 Å². The molecule has 3 aliphatic rings. The molecule has 0 spiro atoms. The number of ether oxygens (including phenoxy) is 1. The molecule has 3 heterocycles. The predicted octanol–water partition coefficient (Wildman–Crippen LogP) is 4.29. The second kappa shape index (κ2) is 9.80. The zero-order valence-corrected chi connectivity index (χ0v) is 20.1. The van der Waals surface area contributed by atoms with Gasteiger partial charge in [-0.2, -0.15) is 0 Å². The van der Waals surface area contributed by atoms with E-state index in [9.17, 15) is 4.79 Å².